The lowest BCUT2D eigenvalue weighted by Gasteiger charge is -2.15. The van der Waals surface area contributed by atoms with Crippen molar-refractivity contribution in [1.82, 2.24) is 4.98 Å². The number of aromatic nitrogens is 1. The van der Waals surface area contributed by atoms with Crippen LogP contribution in [-0.2, 0) is 6.54 Å². The quantitative estimate of drug-likeness (QED) is 0.621. The van der Waals surface area contributed by atoms with Gasteiger partial charge in [-0.25, -0.2) is 4.98 Å². The Kier molecular flexibility index (Phi) is 7.20. The predicted octanol–water partition coefficient (Wildman–Crippen LogP) is 5.03. The fraction of sp³-hybridized carbons (Fsp3) is 0.389. The molecule has 0 amide bonds. The zero-order valence-electron chi connectivity index (χ0n) is 13.6. The second-order valence-electron chi connectivity index (χ2n) is 5.23. The Morgan fingerprint density at radius 2 is 2.09 bits per heavy atom. The third-order valence-electron chi connectivity index (χ3n) is 3.42. The zero-order chi connectivity index (χ0) is 16.5. The van der Waals surface area contributed by atoms with Crippen molar-refractivity contribution in [3.63, 3.8) is 0 Å². The van der Waals surface area contributed by atoms with Crippen LogP contribution in [0.1, 0.15) is 31.7 Å². The molecule has 0 aliphatic carbocycles. The Morgan fingerprint density at radius 1 is 1.22 bits per heavy atom. The lowest BCUT2D eigenvalue weighted by molar-refractivity contribution is 0.284. The molecule has 0 saturated heterocycles. The van der Waals surface area contributed by atoms with Crippen LogP contribution in [-0.4, -0.2) is 18.7 Å². The summed E-state index contributed by atoms with van der Waals surface area (Å²) in [4.78, 5) is 4.26. The van der Waals surface area contributed by atoms with Crippen LogP contribution in [0.25, 0.3) is 0 Å². The third kappa shape index (κ3) is 5.43. The SMILES string of the molecule is CCCCCOc1c(Br)cc(CNc2ccccn2)cc1OC. The first-order chi connectivity index (χ1) is 11.2. The lowest BCUT2D eigenvalue weighted by atomic mass is 10.2. The van der Waals surface area contributed by atoms with Crippen LogP contribution in [0.15, 0.2) is 41.0 Å². The Morgan fingerprint density at radius 3 is 2.78 bits per heavy atom. The highest BCUT2D eigenvalue weighted by atomic mass is 79.9. The molecular formula is C18H23BrN2O2. The van der Waals surface area contributed by atoms with Crippen molar-refractivity contribution >= 4 is 21.7 Å². The summed E-state index contributed by atoms with van der Waals surface area (Å²) in [5, 5.41) is 3.29. The summed E-state index contributed by atoms with van der Waals surface area (Å²) in [7, 11) is 1.66. The maximum Gasteiger partial charge on any atom is 0.175 e. The van der Waals surface area contributed by atoms with Crippen molar-refractivity contribution in [3.8, 4) is 11.5 Å². The van der Waals surface area contributed by atoms with E-state index in [1.807, 2.05) is 30.3 Å². The molecule has 0 saturated carbocycles. The molecule has 0 atom stereocenters. The normalized spacial score (nSPS) is 10.4. The van der Waals surface area contributed by atoms with Gasteiger partial charge in [-0.3, -0.25) is 0 Å². The third-order valence-corrected chi connectivity index (χ3v) is 4.01. The van der Waals surface area contributed by atoms with Gasteiger partial charge in [0.2, 0.25) is 0 Å². The second kappa shape index (κ2) is 9.40. The number of halogens is 1. The molecule has 0 fully saturated rings. The van der Waals surface area contributed by atoms with E-state index in [-0.39, 0.29) is 0 Å². The molecule has 0 aliphatic heterocycles. The first-order valence-electron chi connectivity index (χ1n) is 7.88. The minimum absolute atomic E-state index is 0.669. The van der Waals surface area contributed by atoms with Crippen molar-refractivity contribution in [2.45, 2.75) is 32.7 Å². The molecule has 1 aromatic heterocycles. The fourth-order valence-corrected chi connectivity index (χ4v) is 2.81. The Hall–Kier alpha value is -1.75. The molecule has 2 aromatic rings. The largest absolute Gasteiger partial charge is 0.493 e. The summed E-state index contributed by atoms with van der Waals surface area (Å²) in [6.07, 6.45) is 5.17. The topological polar surface area (TPSA) is 43.4 Å². The van der Waals surface area contributed by atoms with Gasteiger partial charge in [0.15, 0.2) is 11.5 Å². The van der Waals surface area contributed by atoms with Gasteiger partial charge in [-0.1, -0.05) is 25.8 Å². The zero-order valence-corrected chi connectivity index (χ0v) is 15.2. The molecule has 1 aromatic carbocycles. The molecule has 5 heteroatoms. The average Bonchev–Trinajstić information content (AvgIpc) is 2.58. The number of hydrogen-bond donors (Lipinski definition) is 1. The predicted molar refractivity (Wildman–Crippen MR) is 97.3 cm³/mol. The van der Waals surface area contributed by atoms with Gasteiger partial charge in [-0.2, -0.15) is 0 Å². The minimum Gasteiger partial charge on any atom is -0.493 e. The molecule has 0 aliphatic rings. The smallest absolute Gasteiger partial charge is 0.175 e. The van der Waals surface area contributed by atoms with E-state index in [0.717, 1.165) is 33.8 Å². The second-order valence-corrected chi connectivity index (χ2v) is 6.09. The number of nitrogens with zero attached hydrogens (tertiary/aromatic N) is 1. The summed E-state index contributed by atoms with van der Waals surface area (Å²) < 4.78 is 12.3. The van der Waals surface area contributed by atoms with Crippen LogP contribution in [0.5, 0.6) is 11.5 Å². The molecule has 0 radical (unpaired) electrons. The van der Waals surface area contributed by atoms with Crippen LogP contribution in [0.3, 0.4) is 0 Å². The van der Waals surface area contributed by atoms with Gasteiger partial charge in [0, 0.05) is 12.7 Å². The van der Waals surface area contributed by atoms with Crippen molar-refractivity contribution in [2.75, 3.05) is 19.0 Å². The molecule has 0 unspecified atom stereocenters. The van der Waals surface area contributed by atoms with Gasteiger partial charge in [-0.15, -0.1) is 0 Å². The van der Waals surface area contributed by atoms with E-state index >= 15 is 0 Å². The Bertz CT molecular complexity index is 605. The van der Waals surface area contributed by atoms with Gasteiger partial charge >= 0.3 is 0 Å². The molecule has 2 rings (SSSR count). The molecule has 1 N–H and O–H groups in total. The first kappa shape index (κ1) is 17.6. The van der Waals surface area contributed by atoms with Crippen molar-refractivity contribution < 1.29 is 9.47 Å². The minimum atomic E-state index is 0.669. The van der Waals surface area contributed by atoms with Gasteiger partial charge in [0.1, 0.15) is 5.82 Å². The van der Waals surface area contributed by atoms with Crippen LogP contribution in [0, 0.1) is 0 Å². The van der Waals surface area contributed by atoms with Crippen LogP contribution in [0.2, 0.25) is 0 Å². The summed E-state index contributed by atoms with van der Waals surface area (Å²) in [5.74, 6) is 2.36. The van der Waals surface area contributed by atoms with Gasteiger partial charge in [0.25, 0.3) is 0 Å². The number of anilines is 1. The highest BCUT2D eigenvalue weighted by Gasteiger charge is 2.11. The van der Waals surface area contributed by atoms with Crippen LogP contribution < -0.4 is 14.8 Å². The number of nitrogens with one attached hydrogen (secondary N) is 1. The van der Waals surface area contributed by atoms with Crippen molar-refractivity contribution in [3.05, 3.63) is 46.6 Å². The number of benzene rings is 1. The first-order valence-corrected chi connectivity index (χ1v) is 8.68. The highest BCUT2D eigenvalue weighted by Crippen LogP contribution is 2.37. The molecule has 23 heavy (non-hydrogen) atoms. The lowest BCUT2D eigenvalue weighted by Crippen LogP contribution is -2.04. The Balaban J connectivity index is 2.03. The van der Waals surface area contributed by atoms with E-state index in [9.17, 15) is 0 Å². The maximum absolute atomic E-state index is 5.87. The van der Waals surface area contributed by atoms with Crippen molar-refractivity contribution in [2.24, 2.45) is 0 Å². The number of methoxy groups -OCH3 is 1. The molecule has 4 nitrogen and oxygen atoms in total. The van der Waals surface area contributed by atoms with Crippen molar-refractivity contribution in [1.29, 1.82) is 0 Å². The number of ether oxygens (including phenoxy) is 2. The molecule has 1 heterocycles. The Labute approximate surface area is 146 Å². The highest BCUT2D eigenvalue weighted by molar-refractivity contribution is 9.10. The molecule has 124 valence electrons. The maximum atomic E-state index is 5.87. The van der Waals surface area contributed by atoms with Crippen LogP contribution in [0.4, 0.5) is 5.82 Å². The molecular weight excluding hydrogens is 356 g/mol. The number of unbranched alkanes of at least 4 members (excludes halogenated alkanes) is 2. The summed E-state index contributed by atoms with van der Waals surface area (Å²) in [5.41, 5.74) is 1.10. The number of hydrogen-bond acceptors (Lipinski definition) is 4. The number of rotatable bonds is 9. The van der Waals surface area contributed by atoms with E-state index in [0.29, 0.717) is 13.2 Å². The molecule has 0 spiro atoms. The van der Waals surface area contributed by atoms with E-state index < -0.39 is 0 Å². The van der Waals surface area contributed by atoms with Crippen LogP contribution >= 0.6 is 15.9 Å². The molecule has 0 bridgehead atoms. The van der Waals surface area contributed by atoms with Gasteiger partial charge in [-0.05, 0) is 52.2 Å². The monoisotopic (exact) mass is 378 g/mol. The van der Waals surface area contributed by atoms with E-state index in [1.165, 1.54) is 12.8 Å². The number of pyridine rings is 1. The fourth-order valence-electron chi connectivity index (χ4n) is 2.20. The van der Waals surface area contributed by atoms with E-state index in [4.69, 9.17) is 9.47 Å². The average molecular weight is 379 g/mol. The summed E-state index contributed by atoms with van der Waals surface area (Å²) >= 11 is 3.59. The standard InChI is InChI=1S/C18H23BrN2O2/c1-3-4-7-10-23-18-15(19)11-14(12-16(18)22-2)13-21-17-8-5-6-9-20-17/h5-6,8-9,11-12H,3-4,7,10,13H2,1-2H3,(H,20,21). The summed E-state index contributed by atoms with van der Waals surface area (Å²) in [6, 6.07) is 9.84. The summed E-state index contributed by atoms with van der Waals surface area (Å²) in [6.45, 7) is 3.55. The van der Waals surface area contributed by atoms with E-state index in [2.05, 4.69) is 33.2 Å². The van der Waals surface area contributed by atoms with E-state index in [1.54, 1.807) is 13.3 Å². The van der Waals surface area contributed by atoms with Gasteiger partial charge in [0.05, 0.1) is 18.2 Å². The van der Waals surface area contributed by atoms with Gasteiger partial charge < -0.3 is 14.8 Å².